The van der Waals surface area contributed by atoms with E-state index < -0.39 is 10.8 Å². The second-order valence-electron chi connectivity index (χ2n) is 5.81. The summed E-state index contributed by atoms with van der Waals surface area (Å²) in [5, 5.41) is 7.55. The maximum absolute atomic E-state index is 12.2. The molecule has 0 bridgehead atoms. The number of halogens is 3. The molecule has 2 atom stereocenters. The first-order chi connectivity index (χ1) is 12.5. The maximum Gasteiger partial charge on any atom is 0.191 e. The lowest BCUT2D eigenvalue weighted by molar-refractivity contribution is 0.676. The van der Waals surface area contributed by atoms with Gasteiger partial charge in [-0.3, -0.25) is 9.20 Å². The van der Waals surface area contributed by atoms with Gasteiger partial charge in [0, 0.05) is 35.9 Å². The summed E-state index contributed by atoms with van der Waals surface area (Å²) >= 11 is 12.0. The summed E-state index contributed by atoms with van der Waals surface area (Å²) in [5.41, 5.74) is 2.09. The van der Waals surface area contributed by atoms with Crippen molar-refractivity contribution in [2.24, 2.45) is 4.99 Å². The van der Waals surface area contributed by atoms with Gasteiger partial charge in [0.1, 0.15) is 0 Å². The van der Waals surface area contributed by atoms with Gasteiger partial charge in [0.25, 0.3) is 0 Å². The van der Waals surface area contributed by atoms with Crippen LogP contribution in [0.25, 0.3) is 0 Å². The molecule has 0 aliphatic heterocycles. The van der Waals surface area contributed by atoms with Gasteiger partial charge in [-0.1, -0.05) is 59.6 Å². The average molecular weight is 540 g/mol. The zero-order valence-electron chi connectivity index (χ0n) is 15.2. The molecule has 0 aromatic heterocycles. The molecule has 2 aromatic carbocycles. The summed E-state index contributed by atoms with van der Waals surface area (Å²) in [4.78, 5) is 4.21. The maximum atomic E-state index is 12.2. The Balaban J connectivity index is 0.00000364. The SMILES string of the molecule is CN=C(NCCS(=O)Cc1ccccc1)NC(C)c1ccc(Cl)c(Cl)c1.I. The molecule has 0 aliphatic rings. The van der Waals surface area contributed by atoms with Gasteiger partial charge in [-0.15, -0.1) is 24.0 Å². The van der Waals surface area contributed by atoms with E-state index in [4.69, 9.17) is 23.2 Å². The van der Waals surface area contributed by atoms with Gasteiger partial charge in [0.2, 0.25) is 0 Å². The summed E-state index contributed by atoms with van der Waals surface area (Å²) < 4.78 is 12.2. The smallest absolute Gasteiger partial charge is 0.191 e. The summed E-state index contributed by atoms with van der Waals surface area (Å²) in [6.45, 7) is 2.59. The summed E-state index contributed by atoms with van der Waals surface area (Å²) in [5.74, 6) is 1.77. The molecular formula is C19H24Cl2IN3OS. The van der Waals surface area contributed by atoms with Crippen LogP contribution in [0.3, 0.4) is 0 Å². The lowest BCUT2D eigenvalue weighted by Gasteiger charge is -2.18. The molecule has 148 valence electrons. The van der Waals surface area contributed by atoms with Crippen molar-refractivity contribution in [3.8, 4) is 0 Å². The average Bonchev–Trinajstić information content (AvgIpc) is 2.63. The highest BCUT2D eigenvalue weighted by Crippen LogP contribution is 2.25. The second-order valence-corrected chi connectivity index (χ2v) is 8.20. The van der Waals surface area contributed by atoms with Crippen molar-refractivity contribution in [2.45, 2.75) is 18.7 Å². The first kappa shape index (κ1) is 24.2. The molecule has 0 heterocycles. The molecular weight excluding hydrogens is 516 g/mol. The van der Waals surface area contributed by atoms with Crippen LogP contribution in [0.4, 0.5) is 0 Å². The van der Waals surface area contributed by atoms with Crippen molar-refractivity contribution < 1.29 is 4.21 Å². The Labute approximate surface area is 190 Å². The Bertz CT molecular complexity index is 775. The summed E-state index contributed by atoms with van der Waals surface area (Å²) in [7, 11) is 0.785. The van der Waals surface area contributed by atoms with Gasteiger partial charge in [-0.25, -0.2) is 0 Å². The fraction of sp³-hybridized carbons (Fsp3) is 0.316. The first-order valence-corrected chi connectivity index (χ1v) is 10.5. The molecule has 0 radical (unpaired) electrons. The number of hydrogen-bond donors (Lipinski definition) is 2. The summed E-state index contributed by atoms with van der Waals surface area (Å²) in [6, 6.07) is 15.4. The van der Waals surface area contributed by atoms with Crippen LogP contribution in [0, 0.1) is 0 Å². The van der Waals surface area contributed by atoms with Gasteiger partial charge < -0.3 is 10.6 Å². The molecule has 0 aliphatic carbocycles. The van der Waals surface area contributed by atoms with Crippen molar-refractivity contribution in [1.82, 2.24) is 10.6 Å². The zero-order valence-corrected chi connectivity index (χ0v) is 19.9. The fourth-order valence-electron chi connectivity index (χ4n) is 2.38. The lowest BCUT2D eigenvalue weighted by atomic mass is 10.1. The van der Waals surface area contributed by atoms with Crippen molar-refractivity contribution in [3.63, 3.8) is 0 Å². The molecule has 0 amide bonds. The first-order valence-electron chi connectivity index (χ1n) is 8.30. The van der Waals surface area contributed by atoms with Crippen molar-refractivity contribution in [1.29, 1.82) is 0 Å². The number of rotatable bonds is 7. The van der Waals surface area contributed by atoms with Crippen LogP contribution in [0.2, 0.25) is 10.0 Å². The molecule has 2 aromatic rings. The molecule has 27 heavy (non-hydrogen) atoms. The van der Waals surface area contributed by atoms with E-state index in [1.54, 1.807) is 13.1 Å². The lowest BCUT2D eigenvalue weighted by Crippen LogP contribution is -2.40. The highest BCUT2D eigenvalue weighted by Gasteiger charge is 2.10. The minimum Gasteiger partial charge on any atom is -0.355 e. The number of nitrogens with one attached hydrogen (secondary N) is 2. The third-order valence-electron chi connectivity index (χ3n) is 3.81. The highest BCUT2D eigenvalue weighted by atomic mass is 127. The van der Waals surface area contributed by atoms with Crippen LogP contribution in [-0.4, -0.2) is 29.5 Å². The number of aliphatic imine (C=N–C) groups is 1. The van der Waals surface area contributed by atoms with E-state index in [2.05, 4.69) is 15.6 Å². The quantitative estimate of drug-likeness (QED) is 0.302. The Kier molecular flexibility index (Phi) is 11.3. The predicted octanol–water partition coefficient (Wildman–Crippen LogP) is 4.79. The van der Waals surface area contributed by atoms with E-state index in [1.807, 2.05) is 49.4 Å². The van der Waals surface area contributed by atoms with Crippen LogP contribution in [-0.2, 0) is 16.6 Å². The van der Waals surface area contributed by atoms with E-state index in [0.29, 0.717) is 34.1 Å². The highest BCUT2D eigenvalue weighted by molar-refractivity contribution is 14.0. The topological polar surface area (TPSA) is 53.5 Å². The molecule has 0 fully saturated rings. The standard InChI is InChI=1S/C19H23Cl2N3OS.HI/c1-14(16-8-9-17(20)18(21)12-16)24-19(22-2)23-10-11-26(25)13-15-6-4-3-5-7-15;/h3-9,12,14H,10-11,13H2,1-2H3,(H2,22,23,24);1H. The van der Waals surface area contributed by atoms with Crippen LogP contribution >= 0.6 is 47.2 Å². The minimum atomic E-state index is -0.921. The molecule has 0 spiro atoms. The van der Waals surface area contributed by atoms with E-state index >= 15 is 0 Å². The number of guanidine groups is 1. The van der Waals surface area contributed by atoms with Gasteiger partial charge in [-0.05, 0) is 30.2 Å². The zero-order chi connectivity index (χ0) is 18.9. The van der Waals surface area contributed by atoms with Gasteiger partial charge in [-0.2, -0.15) is 0 Å². The van der Waals surface area contributed by atoms with E-state index in [-0.39, 0.29) is 30.0 Å². The number of nitrogens with zero attached hydrogens (tertiary/aromatic N) is 1. The van der Waals surface area contributed by atoms with Crippen molar-refractivity contribution in [2.75, 3.05) is 19.3 Å². The van der Waals surface area contributed by atoms with Crippen molar-refractivity contribution in [3.05, 3.63) is 69.7 Å². The molecule has 4 nitrogen and oxygen atoms in total. The third kappa shape index (κ3) is 8.37. The van der Waals surface area contributed by atoms with Gasteiger partial charge in [0.15, 0.2) is 5.96 Å². The Morgan fingerprint density at radius 3 is 2.48 bits per heavy atom. The van der Waals surface area contributed by atoms with Crippen LogP contribution in [0.15, 0.2) is 53.5 Å². The van der Waals surface area contributed by atoms with Crippen LogP contribution in [0.1, 0.15) is 24.1 Å². The second kappa shape index (κ2) is 12.6. The normalized spacial score (nSPS) is 13.4. The molecule has 2 rings (SSSR count). The van der Waals surface area contributed by atoms with Crippen LogP contribution in [0.5, 0.6) is 0 Å². The minimum absolute atomic E-state index is 0. The molecule has 2 unspecified atom stereocenters. The Morgan fingerprint density at radius 1 is 1.15 bits per heavy atom. The Hall–Kier alpha value is -0.830. The van der Waals surface area contributed by atoms with E-state index in [0.717, 1.165) is 11.1 Å². The fourth-order valence-corrected chi connectivity index (χ4v) is 3.73. The number of benzene rings is 2. The van der Waals surface area contributed by atoms with Gasteiger partial charge in [0.05, 0.1) is 16.1 Å². The van der Waals surface area contributed by atoms with E-state index in [9.17, 15) is 4.21 Å². The largest absolute Gasteiger partial charge is 0.355 e. The van der Waals surface area contributed by atoms with Crippen LogP contribution < -0.4 is 10.6 Å². The Morgan fingerprint density at radius 2 is 1.85 bits per heavy atom. The predicted molar refractivity (Wildman–Crippen MR) is 128 cm³/mol. The molecule has 2 N–H and O–H groups in total. The third-order valence-corrected chi connectivity index (χ3v) is 5.87. The van der Waals surface area contributed by atoms with E-state index in [1.165, 1.54) is 0 Å². The molecule has 0 saturated carbocycles. The summed E-state index contributed by atoms with van der Waals surface area (Å²) in [6.07, 6.45) is 0. The van der Waals surface area contributed by atoms with Crippen molar-refractivity contribution >= 4 is 63.9 Å². The monoisotopic (exact) mass is 539 g/mol. The van der Waals surface area contributed by atoms with Gasteiger partial charge >= 0.3 is 0 Å². The number of hydrogen-bond acceptors (Lipinski definition) is 2. The molecule has 8 heteroatoms. The molecule has 0 saturated heterocycles.